The van der Waals surface area contributed by atoms with Crippen molar-refractivity contribution in [2.75, 3.05) is 0 Å². The molecule has 2 fully saturated rings. The van der Waals surface area contributed by atoms with Crippen molar-refractivity contribution in [2.24, 2.45) is 5.92 Å². The molecular weight excluding hydrogens is 214 g/mol. The summed E-state index contributed by atoms with van der Waals surface area (Å²) in [5.74, 6) is 0.421. The van der Waals surface area contributed by atoms with Crippen molar-refractivity contribution in [2.45, 2.75) is 38.0 Å². The third-order valence-corrected chi connectivity index (χ3v) is 3.84. The Kier molecular flexibility index (Phi) is 2.85. The number of carbonyl (C=O) groups excluding carboxylic acids is 1. The number of ether oxygens (including phenoxy) is 1. The quantitative estimate of drug-likeness (QED) is 0.807. The molecule has 1 saturated heterocycles. The Hall–Kier alpha value is -1.35. The first-order valence-corrected chi connectivity index (χ1v) is 6.29. The molecule has 17 heavy (non-hydrogen) atoms. The summed E-state index contributed by atoms with van der Waals surface area (Å²) < 4.78 is 5.36. The molecule has 1 heterocycles. The van der Waals surface area contributed by atoms with Crippen LogP contribution in [0.5, 0.6) is 0 Å². The lowest BCUT2D eigenvalue weighted by Gasteiger charge is -2.21. The number of piperidine rings is 1. The summed E-state index contributed by atoms with van der Waals surface area (Å²) in [6.07, 6.45) is 3.53. The lowest BCUT2D eigenvalue weighted by Crippen LogP contribution is -2.42. The molecule has 1 aliphatic heterocycles. The van der Waals surface area contributed by atoms with Gasteiger partial charge in [0, 0.05) is 6.04 Å². The number of rotatable bonds is 3. The van der Waals surface area contributed by atoms with Gasteiger partial charge in [0.15, 0.2) is 0 Å². The highest BCUT2D eigenvalue weighted by atomic mass is 16.5. The Balaban J connectivity index is 1.54. The first-order chi connectivity index (χ1) is 8.33. The van der Waals surface area contributed by atoms with E-state index in [-0.39, 0.29) is 12.0 Å². The predicted octanol–water partition coefficient (Wildman–Crippen LogP) is 1.87. The maximum atomic E-state index is 11.9. The third-order valence-electron chi connectivity index (χ3n) is 3.84. The second kappa shape index (κ2) is 4.49. The second-order valence-electron chi connectivity index (χ2n) is 5.01. The number of nitrogens with one attached hydrogen (secondary N) is 1. The molecule has 1 aliphatic carbocycles. The van der Waals surface area contributed by atoms with Crippen LogP contribution in [0.3, 0.4) is 0 Å². The first-order valence-electron chi connectivity index (χ1n) is 6.29. The highest BCUT2D eigenvalue weighted by molar-refractivity contribution is 5.77. The average Bonchev–Trinajstić information content (AvgIpc) is 2.99. The summed E-state index contributed by atoms with van der Waals surface area (Å²) in [5.41, 5.74) is 1.05. The van der Waals surface area contributed by atoms with E-state index in [1.165, 1.54) is 12.8 Å². The van der Waals surface area contributed by atoms with Crippen LogP contribution >= 0.6 is 0 Å². The number of benzene rings is 1. The van der Waals surface area contributed by atoms with Crippen LogP contribution in [0, 0.1) is 5.92 Å². The molecule has 0 spiro atoms. The Labute approximate surface area is 101 Å². The van der Waals surface area contributed by atoms with Crippen LogP contribution in [0.1, 0.15) is 24.8 Å². The zero-order valence-electron chi connectivity index (χ0n) is 9.76. The molecule has 0 unspecified atom stereocenters. The predicted molar refractivity (Wildman–Crippen MR) is 64.3 cm³/mol. The summed E-state index contributed by atoms with van der Waals surface area (Å²) >= 11 is 0. The monoisotopic (exact) mass is 231 g/mol. The fraction of sp³-hybridized carbons (Fsp3) is 0.500. The molecule has 3 atom stereocenters. The Morgan fingerprint density at radius 2 is 2.12 bits per heavy atom. The van der Waals surface area contributed by atoms with E-state index < -0.39 is 0 Å². The van der Waals surface area contributed by atoms with E-state index in [2.05, 4.69) is 5.32 Å². The molecular formula is C14H17NO2. The standard InChI is InChI=1S/C14H17NO2/c16-14(13-11-6-7-12(8-11)15-13)17-9-10-4-2-1-3-5-10/h1-5,11-13,15H,6-9H2/t11-,12+,13-/m0/s1. The number of hydrogen-bond donors (Lipinski definition) is 1. The normalized spacial score (nSPS) is 30.5. The molecule has 3 heteroatoms. The minimum absolute atomic E-state index is 0.0579. The van der Waals surface area contributed by atoms with E-state index in [0.29, 0.717) is 18.6 Å². The minimum Gasteiger partial charge on any atom is -0.460 e. The number of carbonyl (C=O) groups is 1. The van der Waals surface area contributed by atoms with Gasteiger partial charge in [-0.25, -0.2) is 0 Å². The Bertz CT molecular complexity index is 404. The highest BCUT2D eigenvalue weighted by Gasteiger charge is 2.43. The van der Waals surface area contributed by atoms with Crippen molar-refractivity contribution >= 4 is 5.97 Å². The van der Waals surface area contributed by atoms with E-state index in [1.54, 1.807) is 0 Å². The Morgan fingerprint density at radius 3 is 2.76 bits per heavy atom. The maximum absolute atomic E-state index is 11.9. The van der Waals surface area contributed by atoms with Gasteiger partial charge in [-0.05, 0) is 30.7 Å². The second-order valence-corrected chi connectivity index (χ2v) is 5.01. The van der Waals surface area contributed by atoms with Crippen molar-refractivity contribution in [1.82, 2.24) is 5.32 Å². The van der Waals surface area contributed by atoms with E-state index in [9.17, 15) is 4.79 Å². The van der Waals surface area contributed by atoms with Gasteiger partial charge in [0.2, 0.25) is 0 Å². The molecule has 1 N–H and O–H groups in total. The van der Waals surface area contributed by atoms with Crippen molar-refractivity contribution in [3.8, 4) is 0 Å². The minimum atomic E-state index is -0.0824. The van der Waals surface area contributed by atoms with Crippen LogP contribution in [0.2, 0.25) is 0 Å². The maximum Gasteiger partial charge on any atom is 0.323 e. The largest absolute Gasteiger partial charge is 0.460 e. The molecule has 90 valence electrons. The molecule has 3 rings (SSSR count). The van der Waals surface area contributed by atoms with Crippen LogP contribution in [0.15, 0.2) is 30.3 Å². The van der Waals surface area contributed by atoms with Gasteiger partial charge in [0.05, 0.1) is 0 Å². The summed E-state index contributed by atoms with van der Waals surface area (Å²) in [7, 11) is 0. The Morgan fingerprint density at radius 1 is 1.29 bits per heavy atom. The van der Waals surface area contributed by atoms with Gasteiger partial charge in [-0.1, -0.05) is 30.3 Å². The van der Waals surface area contributed by atoms with Crippen LogP contribution in [0.25, 0.3) is 0 Å². The van der Waals surface area contributed by atoms with Crippen molar-refractivity contribution < 1.29 is 9.53 Å². The zero-order chi connectivity index (χ0) is 11.7. The van der Waals surface area contributed by atoms with Gasteiger partial charge in [0.1, 0.15) is 12.6 Å². The van der Waals surface area contributed by atoms with Gasteiger partial charge in [0.25, 0.3) is 0 Å². The smallest absolute Gasteiger partial charge is 0.323 e. The van der Waals surface area contributed by atoms with Crippen molar-refractivity contribution in [3.63, 3.8) is 0 Å². The van der Waals surface area contributed by atoms with Crippen LogP contribution < -0.4 is 5.32 Å². The van der Waals surface area contributed by atoms with Gasteiger partial charge < -0.3 is 10.1 Å². The number of hydrogen-bond acceptors (Lipinski definition) is 3. The van der Waals surface area contributed by atoms with E-state index in [1.807, 2.05) is 30.3 Å². The molecule has 0 amide bonds. The van der Waals surface area contributed by atoms with E-state index in [0.717, 1.165) is 12.0 Å². The number of esters is 1. The summed E-state index contributed by atoms with van der Waals surface area (Å²) in [5, 5.41) is 3.35. The van der Waals surface area contributed by atoms with E-state index >= 15 is 0 Å². The van der Waals surface area contributed by atoms with Crippen molar-refractivity contribution in [1.29, 1.82) is 0 Å². The van der Waals surface area contributed by atoms with E-state index in [4.69, 9.17) is 4.74 Å². The van der Waals surface area contributed by atoms with Gasteiger partial charge >= 0.3 is 5.97 Å². The van der Waals surface area contributed by atoms with Crippen LogP contribution in [-0.2, 0) is 16.1 Å². The lowest BCUT2D eigenvalue weighted by molar-refractivity contribution is -0.148. The third kappa shape index (κ3) is 2.20. The molecule has 1 aromatic rings. The van der Waals surface area contributed by atoms with Crippen molar-refractivity contribution in [3.05, 3.63) is 35.9 Å². The molecule has 2 aliphatic rings. The van der Waals surface area contributed by atoms with Crippen LogP contribution in [-0.4, -0.2) is 18.1 Å². The molecule has 1 saturated carbocycles. The SMILES string of the molecule is O=C(OCc1ccccc1)[C@H]1N[C@@H]2CC[C@H]1C2. The number of fused-ring (bicyclic) bond motifs is 2. The van der Waals surface area contributed by atoms with Gasteiger partial charge in [-0.3, -0.25) is 4.79 Å². The average molecular weight is 231 g/mol. The summed E-state index contributed by atoms with van der Waals surface area (Å²) in [4.78, 5) is 11.9. The molecule has 1 aromatic carbocycles. The molecule has 3 nitrogen and oxygen atoms in total. The fourth-order valence-electron chi connectivity index (χ4n) is 2.94. The highest BCUT2D eigenvalue weighted by Crippen LogP contribution is 2.35. The fourth-order valence-corrected chi connectivity index (χ4v) is 2.94. The molecule has 0 aromatic heterocycles. The molecule has 2 bridgehead atoms. The summed E-state index contributed by atoms with van der Waals surface area (Å²) in [6.45, 7) is 0.384. The van der Waals surface area contributed by atoms with Gasteiger partial charge in [-0.2, -0.15) is 0 Å². The topological polar surface area (TPSA) is 38.3 Å². The van der Waals surface area contributed by atoms with Gasteiger partial charge in [-0.15, -0.1) is 0 Å². The lowest BCUT2D eigenvalue weighted by atomic mass is 10.0. The molecule has 0 radical (unpaired) electrons. The van der Waals surface area contributed by atoms with Crippen LogP contribution in [0.4, 0.5) is 0 Å². The summed E-state index contributed by atoms with van der Waals surface area (Å²) in [6, 6.07) is 10.3. The zero-order valence-corrected chi connectivity index (χ0v) is 9.76. The first kappa shape index (κ1) is 10.8.